The number of nitrogens with zero attached hydrogens (tertiary/aromatic N) is 1. The van der Waals surface area contributed by atoms with Gasteiger partial charge < -0.3 is 10.2 Å². The van der Waals surface area contributed by atoms with Crippen molar-refractivity contribution < 1.29 is 4.79 Å². The third-order valence-electron chi connectivity index (χ3n) is 4.49. The minimum Gasteiger partial charge on any atom is -0.314 e. The largest absolute Gasteiger partial charge is 0.314 e. The van der Waals surface area contributed by atoms with Crippen LogP contribution >= 0.6 is 0 Å². The van der Waals surface area contributed by atoms with Gasteiger partial charge in [0.2, 0.25) is 5.91 Å². The summed E-state index contributed by atoms with van der Waals surface area (Å²) in [5, 5.41) is 3.39. The summed E-state index contributed by atoms with van der Waals surface area (Å²) < 4.78 is 0. The van der Waals surface area contributed by atoms with Crippen LogP contribution in [0.1, 0.15) is 18.4 Å². The molecule has 0 bridgehead atoms. The van der Waals surface area contributed by atoms with Gasteiger partial charge in [-0.2, -0.15) is 0 Å². The first kappa shape index (κ1) is 11.7. The van der Waals surface area contributed by atoms with E-state index in [-0.39, 0.29) is 11.9 Å². The smallest absolute Gasteiger partial charge is 0.244 e. The fourth-order valence-corrected chi connectivity index (χ4v) is 3.16. The van der Waals surface area contributed by atoms with E-state index >= 15 is 0 Å². The van der Waals surface area contributed by atoms with Crippen LogP contribution in [0.15, 0.2) is 24.3 Å². The number of anilines is 1. The average Bonchev–Trinajstić information content (AvgIpc) is 2.62. The zero-order valence-corrected chi connectivity index (χ0v) is 11.0. The first-order chi connectivity index (χ1) is 8.66. The average molecular weight is 244 g/mol. The van der Waals surface area contributed by atoms with Crippen molar-refractivity contribution in [1.82, 2.24) is 5.32 Å². The van der Waals surface area contributed by atoms with Gasteiger partial charge in [-0.3, -0.25) is 4.79 Å². The summed E-state index contributed by atoms with van der Waals surface area (Å²) in [7, 11) is 1.88. The molecule has 1 saturated heterocycles. The van der Waals surface area contributed by atoms with E-state index in [0.29, 0.717) is 5.92 Å². The van der Waals surface area contributed by atoms with Crippen molar-refractivity contribution in [2.45, 2.75) is 25.8 Å². The van der Waals surface area contributed by atoms with Gasteiger partial charge in [0.05, 0.1) is 6.04 Å². The molecule has 1 aliphatic heterocycles. The molecular weight excluding hydrogens is 224 g/mol. The zero-order chi connectivity index (χ0) is 12.7. The van der Waals surface area contributed by atoms with Crippen molar-refractivity contribution in [3.63, 3.8) is 0 Å². The molecule has 1 heterocycles. The van der Waals surface area contributed by atoms with E-state index in [1.807, 2.05) is 19.2 Å². The van der Waals surface area contributed by atoms with E-state index in [4.69, 9.17) is 0 Å². The number of amides is 1. The minimum atomic E-state index is 0.0364. The maximum Gasteiger partial charge on any atom is 0.244 e. The fourth-order valence-electron chi connectivity index (χ4n) is 3.16. The number of hydrogen-bond acceptors (Lipinski definition) is 2. The number of fused-ring (bicyclic) bond motifs is 1. The topological polar surface area (TPSA) is 32.3 Å². The molecule has 0 radical (unpaired) electrons. The Balaban J connectivity index is 1.76. The maximum atomic E-state index is 12.5. The fraction of sp³-hybridized carbons (Fsp3) is 0.533. The van der Waals surface area contributed by atoms with Gasteiger partial charge in [-0.1, -0.05) is 12.1 Å². The summed E-state index contributed by atoms with van der Waals surface area (Å²) in [5.41, 5.74) is 2.18. The number of likely N-dealkylation sites (N-methyl/N-ethyl adjacent to an activating group) is 1. The highest BCUT2D eigenvalue weighted by Crippen LogP contribution is 2.41. The lowest BCUT2D eigenvalue weighted by atomic mass is 9.73. The Morgan fingerprint density at radius 2 is 2.22 bits per heavy atom. The third-order valence-corrected chi connectivity index (χ3v) is 4.49. The van der Waals surface area contributed by atoms with Crippen LogP contribution in [0.5, 0.6) is 0 Å². The molecule has 3 nitrogen and oxygen atoms in total. The number of nitrogens with one attached hydrogen (secondary N) is 1. The van der Waals surface area contributed by atoms with E-state index in [9.17, 15) is 4.79 Å². The van der Waals surface area contributed by atoms with Gasteiger partial charge in [-0.25, -0.2) is 0 Å². The van der Waals surface area contributed by atoms with Crippen LogP contribution in [-0.2, 0) is 4.79 Å². The van der Waals surface area contributed by atoms with Crippen molar-refractivity contribution in [1.29, 1.82) is 0 Å². The van der Waals surface area contributed by atoms with E-state index in [1.165, 1.54) is 18.4 Å². The van der Waals surface area contributed by atoms with Crippen LogP contribution in [0.25, 0.3) is 0 Å². The maximum absolute atomic E-state index is 12.5. The normalized spacial score (nSPS) is 29.6. The number of hydrogen-bond donors (Lipinski definition) is 1. The van der Waals surface area contributed by atoms with Gasteiger partial charge in [0.15, 0.2) is 0 Å². The minimum absolute atomic E-state index is 0.0364. The Labute approximate surface area is 108 Å². The van der Waals surface area contributed by atoms with Crippen molar-refractivity contribution in [3.05, 3.63) is 29.8 Å². The highest BCUT2D eigenvalue weighted by molar-refractivity contribution is 5.97. The summed E-state index contributed by atoms with van der Waals surface area (Å²) in [6.07, 6.45) is 2.49. The van der Waals surface area contributed by atoms with Crippen molar-refractivity contribution in [3.8, 4) is 0 Å². The number of rotatable bonds is 2. The second-order valence-corrected chi connectivity index (χ2v) is 5.62. The van der Waals surface area contributed by atoms with Crippen LogP contribution in [0.4, 0.5) is 5.69 Å². The first-order valence-electron chi connectivity index (χ1n) is 6.74. The summed E-state index contributed by atoms with van der Waals surface area (Å²) in [6.45, 7) is 3.07. The standard InChI is InChI=1S/C15H20N2O/c1-10-4-3-5-12(8-10)17(2)15(18)14-13-7-6-11(13)9-16-14/h3-5,8,11,13-14,16H,6-7,9H2,1-2H3/t11?,13?,14-/m0/s1. The summed E-state index contributed by atoms with van der Waals surface area (Å²) in [4.78, 5) is 14.3. The number of aryl methyl sites for hydroxylation is 1. The Hall–Kier alpha value is -1.35. The van der Waals surface area contributed by atoms with Gasteiger partial charge in [-0.05, 0) is 55.8 Å². The predicted molar refractivity (Wildman–Crippen MR) is 72.6 cm³/mol. The lowest BCUT2D eigenvalue weighted by Gasteiger charge is -2.33. The van der Waals surface area contributed by atoms with Gasteiger partial charge >= 0.3 is 0 Å². The molecule has 96 valence electrons. The van der Waals surface area contributed by atoms with E-state index in [0.717, 1.165) is 18.2 Å². The van der Waals surface area contributed by atoms with Crippen LogP contribution in [0.3, 0.4) is 0 Å². The molecular formula is C15H20N2O. The second kappa shape index (κ2) is 4.39. The van der Waals surface area contributed by atoms with E-state index in [2.05, 4.69) is 24.4 Å². The Kier molecular flexibility index (Phi) is 2.86. The SMILES string of the molecule is Cc1cccc(N(C)C(=O)[C@H]2NCC3CCC32)c1. The van der Waals surface area contributed by atoms with Crippen molar-refractivity contribution in [2.24, 2.45) is 11.8 Å². The Bertz CT molecular complexity index is 471. The molecule has 1 aromatic rings. The lowest BCUT2D eigenvalue weighted by Crippen LogP contribution is -2.46. The summed E-state index contributed by atoms with van der Waals surface area (Å²) in [6, 6.07) is 8.15. The molecule has 3 heteroatoms. The molecule has 1 saturated carbocycles. The third kappa shape index (κ3) is 1.83. The molecule has 1 aromatic carbocycles. The molecule has 1 N–H and O–H groups in total. The molecule has 2 unspecified atom stereocenters. The van der Waals surface area contributed by atoms with Crippen LogP contribution < -0.4 is 10.2 Å². The Morgan fingerprint density at radius 3 is 2.83 bits per heavy atom. The molecule has 2 fully saturated rings. The van der Waals surface area contributed by atoms with Crippen LogP contribution in [-0.4, -0.2) is 25.5 Å². The molecule has 1 aliphatic carbocycles. The first-order valence-corrected chi connectivity index (χ1v) is 6.74. The molecule has 18 heavy (non-hydrogen) atoms. The monoisotopic (exact) mass is 244 g/mol. The number of carbonyl (C=O) groups is 1. The van der Waals surface area contributed by atoms with Gasteiger partial charge in [0.1, 0.15) is 0 Å². The number of benzene rings is 1. The van der Waals surface area contributed by atoms with Gasteiger partial charge in [-0.15, -0.1) is 0 Å². The highest BCUT2D eigenvalue weighted by Gasteiger charge is 2.46. The van der Waals surface area contributed by atoms with Crippen molar-refractivity contribution >= 4 is 11.6 Å². The van der Waals surface area contributed by atoms with E-state index in [1.54, 1.807) is 4.90 Å². The summed E-state index contributed by atoms with van der Waals surface area (Å²) >= 11 is 0. The number of carbonyl (C=O) groups excluding carboxylic acids is 1. The molecule has 3 atom stereocenters. The molecule has 2 aliphatic rings. The van der Waals surface area contributed by atoms with E-state index < -0.39 is 0 Å². The van der Waals surface area contributed by atoms with Crippen LogP contribution in [0, 0.1) is 18.8 Å². The summed E-state index contributed by atoms with van der Waals surface area (Å²) in [5.74, 6) is 1.53. The second-order valence-electron chi connectivity index (χ2n) is 5.62. The molecule has 0 aromatic heterocycles. The predicted octanol–water partition coefficient (Wildman–Crippen LogP) is 1.96. The molecule has 0 spiro atoms. The Morgan fingerprint density at radius 1 is 1.39 bits per heavy atom. The lowest BCUT2D eigenvalue weighted by molar-refractivity contribution is -0.121. The molecule has 1 amide bonds. The van der Waals surface area contributed by atoms with Crippen LogP contribution in [0.2, 0.25) is 0 Å². The highest BCUT2D eigenvalue weighted by atomic mass is 16.2. The van der Waals surface area contributed by atoms with Gasteiger partial charge in [0, 0.05) is 12.7 Å². The quantitative estimate of drug-likeness (QED) is 0.862. The van der Waals surface area contributed by atoms with Crippen molar-refractivity contribution in [2.75, 3.05) is 18.5 Å². The van der Waals surface area contributed by atoms with Gasteiger partial charge in [0.25, 0.3) is 0 Å². The molecule has 3 rings (SSSR count). The zero-order valence-electron chi connectivity index (χ0n) is 11.0.